The van der Waals surface area contributed by atoms with Gasteiger partial charge in [0.15, 0.2) is 0 Å². The molecule has 5 nitrogen and oxygen atoms in total. The summed E-state index contributed by atoms with van der Waals surface area (Å²) in [5.41, 5.74) is 6.67. The van der Waals surface area contributed by atoms with Crippen molar-refractivity contribution >= 4 is 23.1 Å². The summed E-state index contributed by atoms with van der Waals surface area (Å²) in [5, 5.41) is 9.50. The van der Waals surface area contributed by atoms with Crippen molar-refractivity contribution in [2.24, 2.45) is 5.73 Å². The van der Waals surface area contributed by atoms with Crippen LogP contribution < -0.4 is 5.73 Å². The largest absolute Gasteiger partial charge is 0.508 e. The fourth-order valence-corrected chi connectivity index (χ4v) is 1.82. The molecule has 110 valence electrons. The minimum Gasteiger partial charge on any atom is -0.508 e. The molecule has 0 aliphatic heterocycles. The number of benzene rings is 1. The zero-order valence-corrected chi connectivity index (χ0v) is 12.6. The first-order valence-corrected chi connectivity index (χ1v) is 6.72. The fraction of sp³-hybridized carbons (Fsp3) is 0.429. The van der Waals surface area contributed by atoms with E-state index in [1.54, 1.807) is 31.1 Å². The van der Waals surface area contributed by atoms with E-state index in [9.17, 15) is 9.90 Å². The van der Waals surface area contributed by atoms with Crippen molar-refractivity contribution < 1.29 is 14.6 Å². The number of aryl methyl sites for hydroxylation is 1. The van der Waals surface area contributed by atoms with E-state index in [-0.39, 0.29) is 11.7 Å². The molecule has 6 heteroatoms. The number of hydrogen-bond donors (Lipinski definition) is 2. The fourth-order valence-electron chi connectivity index (χ4n) is 1.73. The van der Waals surface area contributed by atoms with Gasteiger partial charge in [0, 0.05) is 32.2 Å². The summed E-state index contributed by atoms with van der Waals surface area (Å²) in [6.45, 7) is 3.12. The van der Waals surface area contributed by atoms with E-state index in [4.69, 9.17) is 22.7 Å². The number of rotatable bonds is 7. The maximum atomic E-state index is 12.4. The minimum absolute atomic E-state index is 0.124. The molecule has 3 N–H and O–H groups in total. The van der Waals surface area contributed by atoms with Gasteiger partial charge in [0.1, 0.15) is 5.75 Å². The van der Waals surface area contributed by atoms with Gasteiger partial charge in [-0.15, -0.1) is 0 Å². The molecule has 1 aromatic carbocycles. The average Bonchev–Trinajstić information content (AvgIpc) is 2.41. The molecule has 0 atom stereocenters. The smallest absolute Gasteiger partial charge is 0.253 e. The molecular weight excluding hydrogens is 276 g/mol. The van der Waals surface area contributed by atoms with Gasteiger partial charge >= 0.3 is 0 Å². The summed E-state index contributed by atoms with van der Waals surface area (Å²) in [5.74, 6) is 0.0505. The van der Waals surface area contributed by atoms with Crippen molar-refractivity contribution in [3.63, 3.8) is 0 Å². The quantitative estimate of drug-likeness (QED) is 0.745. The lowest BCUT2D eigenvalue weighted by Gasteiger charge is -2.22. The highest BCUT2D eigenvalue weighted by atomic mass is 32.1. The standard InChI is InChI=1S/C14H20N2O3S/c1-10-9-11(3-4-12(10)17)14(18)16(7-8-19-2)6-5-13(15)20/h3-4,9,17H,5-8H2,1-2H3,(H2,15,20). The van der Waals surface area contributed by atoms with Gasteiger partial charge in [0.2, 0.25) is 0 Å². The molecule has 0 spiro atoms. The van der Waals surface area contributed by atoms with E-state index in [1.165, 1.54) is 6.07 Å². The third-order valence-electron chi connectivity index (χ3n) is 2.92. The Balaban J connectivity index is 2.84. The number of aromatic hydroxyl groups is 1. The molecule has 0 radical (unpaired) electrons. The molecule has 20 heavy (non-hydrogen) atoms. The van der Waals surface area contributed by atoms with E-state index in [0.29, 0.717) is 42.2 Å². The van der Waals surface area contributed by atoms with Crippen molar-refractivity contribution in [3.8, 4) is 5.75 Å². The third-order valence-corrected chi connectivity index (χ3v) is 3.13. The van der Waals surface area contributed by atoms with Gasteiger partial charge in [-0.25, -0.2) is 0 Å². The van der Waals surface area contributed by atoms with Crippen LogP contribution in [0, 0.1) is 6.92 Å². The molecule has 0 saturated heterocycles. The summed E-state index contributed by atoms with van der Waals surface area (Å²) < 4.78 is 5.01. The first kappa shape index (κ1) is 16.4. The summed E-state index contributed by atoms with van der Waals surface area (Å²) in [7, 11) is 1.58. The number of amides is 1. The minimum atomic E-state index is -0.124. The average molecular weight is 296 g/mol. The number of ether oxygens (including phenoxy) is 1. The number of carbonyl (C=O) groups excluding carboxylic acids is 1. The van der Waals surface area contributed by atoms with E-state index in [1.807, 2.05) is 0 Å². The first-order chi connectivity index (χ1) is 9.45. The van der Waals surface area contributed by atoms with Crippen LogP contribution in [0.1, 0.15) is 22.3 Å². The first-order valence-electron chi connectivity index (χ1n) is 6.32. The summed E-state index contributed by atoms with van der Waals surface area (Å²) in [6, 6.07) is 4.79. The van der Waals surface area contributed by atoms with Crippen LogP contribution in [0.15, 0.2) is 18.2 Å². The maximum absolute atomic E-state index is 12.4. The molecule has 0 fully saturated rings. The van der Waals surface area contributed by atoms with Gasteiger partial charge in [-0.05, 0) is 30.7 Å². The topological polar surface area (TPSA) is 75.8 Å². The Morgan fingerprint density at radius 3 is 2.70 bits per heavy atom. The number of phenols is 1. The van der Waals surface area contributed by atoms with Crippen LogP contribution in [0.5, 0.6) is 5.75 Å². The van der Waals surface area contributed by atoms with Crippen LogP contribution in [0.3, 0.4) is 0 Å². The Kier molecular flexibility index (Phi) is 6.41. The number of nitrogens with two attached hydrogens (primary N) is 1. The summed E-state index contributed by atoms with van der Waals surface area (Å²) in [6.07, 6.45) is 0.474. The van der Waals surface area contributed by atoms with E-state index in [2.05, 4.69) is 0 Å². The summed E-state index contributed by atoms with van der Waals surface area (Å²) >= 11 is 4.84. The molecule has 0 aromatic heterocycles. The SMILES string of the molecule is COCCN(CCC(N)=S)C(=O)c1ccc(O)c(C)c1. The van der Waals surface area contributed by atoms with Gasteiger partial charge in [-0.1, -0.05) is 12.2 Å². The van der Waals surface area contributed by atoms with Crippen molar-refractivity contribution in [2.75, 3.05) is 26.8 Å². The summed E-state index contributed by atoms with van der Waals surface area (Å²) in [4.78, 5) is 14.5. The second-order valence-corrected chi connectivity index (χ2v) is 5.03. The zero-order valence-electron chi connectivity index (χ0n) is 11.8. The lowest BCUT2D eigenvalue weighted by atomic mass is 10.1. The molecule has 1 amide bonds. The molecule has 1 rings (SSSR count). The van der Waals surface area contributed by atoms with Crippen molar-refractivity contribution in [3.05, 3.63) is 29.3 Å². The number of methoxy groups -OCH3 is 1. The second-order valence-electron chi connectivity index (χ2n) is 4.50. The molecule has 0 heterocycles. The van der Waals surface area contributed by atoms with E-state index >= 15 is 0 Å². The molecule has 0 aliphatic rings. The molecular formula is C14H20N2O3S. The molecule has 1 aromatic rings. The number of thiocarbonyl (C=S) groups is 1. The van der Waals surface area contributed by atoms with Crippen molar-refractivity contribution in [1.82, 2.24) is 4.90 Å². The predicted molar refractivity (Wildman–Crippen MR) is 82.0 cm³/mol. The Bertz CT molecular complexity index is 491. The number of nitrogens with zero attached hydrogens (tertiary/aromatic N) is 1. The predicted octanol–water partition coefficient (Wildman–Crippen LogP) is 1.47. The van der Waals surface area contributed by atoms with Crippen molar-refractivity contribution in [1.29, 1.82) is 0 Å². The molecule has 0 bridgehead atoms. The maximum Gasteiger partial charge on any atom is 0.253 e. The van der Waals surface area contributed by atoms with Gasteiger partial charge in [0.25, 0.3) is 5.91 Å². The van der Waals surface area contributed by atoms with Crippen LogP contribution in [0.2, 0.25) is 0 Å². The highest BCUT2D eigenvalue weighted by Gasteiger charge is 2.16. The van der Waals surface area contributed by atoms with Crippen LogP contribution in [-0.2, 0) is 4.74 Å². The van der Waals surface area contributed by atoms with Gasteiger partial charge in [0.05, 0.1) is 11.6 Å². The van der Waals surface area contributed by atoms with Crippen LogP contribution >= 0.6 is 12.2 Å². The van der Waals surface area contributed by atoms with Gasteiger partial charge in [-0.2, -0.15) is 0 Å². The van der Waals surface area contributed by atoms with E-state index in [0.717, 1.165) is 0 Å². The van der Waals surface area contributed by atoms with Crippen LogP contribution in [-0.4, -0.2) is 47.7 Å². The Morgan fingerprint density at radius 2 is 2.15 bits per heavy atom. The van der Waals surface area contributed by atoms with Crippen molar-refractivity contribution in [2.45, 2.75) is 13.3 Å². The molecule has 0 unspecified atom stereocenters. The van der Waals surface area contributed by atoms with Crippen LogP contribution in [0.25, 0.3) is 0 Å². The Labute approximate surface area is 124 Å². The number of phenolic OH excluding ortho intramolecular Hbond substituents is 1. The molecule has 0 saturated carbocycles. The van der Waals surface area contributed by atoms with E-state index < -0.39 is 0 Å². The number of hydrogen-bond acceptors (Lipinski definition) is 4. The van der Waals surface area contributed by atoms with Gasteiger partial charge in [-0.3, -0.25) is 4.79 Å². The monoisotopic (exact) mass is 296 g/mol. The normalized spacial score (nSPS) is 10.3. The number of carbonyl (C=O) groups is 1. The highest BCUT2D eigenvalue weighted by Crippen LogP contribution is 2.18. The Morgan fingerprint density at radius 1 is 1.45 bits per heavy atom. The lowest BCUT2D eigenvalue weighted by molar-refractivity contribution is 0.0701. The third kappa shape index (κ3) is 4.79. The molecule has 0 aliphatic carbocycles. The zero-order chi connectivity index (χ0) is 15.1. The highest BCUT2D eigenvalue weighted by molar-refractivity contribution is 7.80. The lowest BCUT2D eigenvalue weighted by Crippen LogP contribution is -2.36. The Hall–Kier alpha value is -1.66. The van der Waals surface area contributed by atoms with Crippen LogP contribution in [0.4, 0.5) is 0 Å². The second kappa shape index (κ2) is 7.81. The van der Waals surface area contributed by atoms with Gasteiger partial charge < -0.3 is 20.5 Å².